The molecule has 0 radical (unpaired) electrons. The minimum Gasteiger partial charge on any atom is -0.376 e. The summed E-state index contributed by atoms with van der Waals surface area (Å²) < 4.78 is 25.7. The molecule has 1 aromatic heterocycles. The summed E-state index contributed by atoms with van der Waals surface area (Å²) in [6, 6.07) is 11.5. The number of fused-ring (bicyclic) bond motifs is 1. The van der Waals surface area contributed by atoms with Crippen LogP contribution in [0.1, 0.15) is 11.9 Å². The maximum Gasteiger partial charge on any atom is 0.184 e. The zero-order chi connectivity index (χ0) is 19.7. The van der Waals surface area contributed by atoms with Crippen LogP contribution < -0.4 is 5.73 Å². The summed E-state index contributed by atoms with van der Waals surface area (Å²) in [5.74, 6) is 0. The van der Waals surface area contributed by atoms with Gasteiger partial charge < -0.3 is 24.7 Å². The van der Waals surface area contributed by atoms with Crippen molar-refractivity contribution in [3.63, 3.8) is 0 Å². The van der Waals surface area contributed by atoms with Gasteiger partial charge >= 0.3 is 0 Å². The predicted molar refractivity (Wildman–Crippen MR) is 113 cm³/mol. The molecular weight excluding hydrogens is 512 g/mol. The molecule has 2 aliphatic rings. The molecule has 6 atom stereocenters. The third-order valence-electron chi connectivity index (χ3n) is 4.76. The Kier molecular flexibility index (Phi) is 6.74. The molecule has 2 N–H and O–H groups in total. The van der Waals surface area contributed by atoms with Crippen LogP contribution >= 0.6 is 43.6 Å². The van der Waals surface area contributed by atoms with Crippen molar-refractivity contribution >= 4 is 43.6 Å². The highest BCUT2D eigenvalue weighted by Gasteiger charge is 2.49. The van der Waals surface area contributed by atoms with Crippen molar-refractivity contribution in [3.05, 3.63) is 57.2 Å². The van der Waals surface area contributed by atoms with E-state index in [2.05, 4.69) is 36.8 Å². The van der Waals surface area contributed by atoms with E-state index in [9.17, 15) is 0 Å². The van der Waals surface area contributed by atoms with Crippen molar-refractivity contribution in [2.75, 3.05) is 13.7 Å². The normalized spacial score (nSPS) is 32.7. The van der Waals surface area contributed by atoms with Gasteiger partial charge in [-0.1, -0.05) is 42.1 Å². The molecule has 2 aromatic rings. The lowest BCUT2D eigenvalue weighted by molar-refractivity contribution is -0.298. The van der Waals surface area contributed by atoms with Gasteiger partial charge in [0.1, 0.15) is 28.4 Å². The van der Waals surface area contributed by atoms with Crippen molar-refractivity contribution in [2.45, 2.75) is 41.0 Å². The van der Waals surface area contributed by atoms with Gasteiger partial charge in [-0.2, -0.15) is 0 Å². The number of thioether (sulfide) groups is 1. The molecule has 150 valence electrons. The third kappa shape index (κ3) is 4.32. The zero-order valence-electron chi connectivity index (χ0n) is 15.0. The van der Waals surface area contributed by atoms with E-state index in [1.54, 1.807) is 13.3 Å². The van der Waals surface area contributed by atoms with Crippen molar-refractivity contribution in [2.24, 2.45) is 5.73 Å². The average molecular weight is 532 g/mol. The third-order valence-corrected chi connectivity index (χ3v) is 7.26. The average Bonchev–Trinajstić information content (AvgIpc) is 2.71. The molecular formula is C19H20Br2N2O4S. The van der Waals surface area contributed by atoms with Crippen LogP contribution in [0.2, 0.25) is 0 Å². The van der Waals surface area contributed by atoms with Gasteiger partial charge in [0, 0.05) is 28.2 Å². The molecule has 3 heterocycles. The molecule has 4 rings (SSSR count). The van der Waals surface area contributed by atoms with E-state index in [4.69, 9.17) is 24.7 Å². The Morgan fingerprint density at radius 1 is 1.21 bits per heavy atom. The highest BCUT2D eigenvalue weighted by Crippen LogP contribution is 2.41. The second-order valence-corrected chi connectivity index (χ2v) is 9.36. The lowest BCUT2D eigenvalue weighted by Crippen LogP contribution is -2.64. The number of benzene rings is 1. The van der Waals surface area contributed by atoms with Gasteiger partial charge in [0.05, 0.1) is 12.6 Å². The lowest BCUT2D eigenvalue weighted by Gasteiger charge is -2.48. The van der Waals surface area contributed by atoms with Gasteiger partial charge in [0.25, 0.3) is 0 Å². The maximum atomic E-state index is 6.56. The number of pyridine rings is 1. The Labute approximate surface area is 184 Å². The number of hydrogen-bond donors (Lipinski definition) is 1. The van der Waals surface area contributed by atoms with Crippen molar-refractivity contribution in [1.82, 2.24) is 4.98 Å². The van der Waals surface area contributed by atoms with Crippen molar-refractivity contribution < 1.29 is 18.9 Å². The Morgan fingerprint density at radius 3 is 2.75 bits per heavy atom. The first-order chi connectivity index (χ1) is 13.6. The summed E-state index contributed by atoms with van der Waals surface area (Å²) in [5, 5.41) is 0. The number of aromatic nitrogens is 1. The number of nitrogens with zero attached hydrogens (tertiary/aromatic N) is 1. The smallest absolute Gasteiger partial charge is 0.184 e. The van der Waals surface area contributed by atoms with Crippen LogP contribution in [0.3, 0.4) is 0 Å². The monoisotopic (exact) mass is 530 g/mol. The predicted octanol–water partition coefficient (Wildman–Crippen LogP) is 3.88. The van der Waals surface area contributed by atoms with Gasteiger partial charge in [-0.3, -0.25) is 0 Å². The van der Waals surface area contributed by atoms with Crippen molar-refractivity contribution in [3.8, 4) is 0 Å². The number of methoxy groups -OCH3 is 1. The van der Waals surface area contributed by atoms with Crippen LogP contribution in [-0.2, 0) is 18.9 Å². The fourth-order valence-electron chi connectivity index (χ4n) is 3.38. The van der Waals surface area contributed by atoms with Crippen LogP contribution in [0.25, 0.3) is 0 Å². The molecule has 2 fully saturated rings. The first-order valence-corrected chi connectivity index (χ1v) is 11.3. The molecule has 6 nitrogen and oxygen atoms in total. The number of nitrogens with two attached hydrogens (primary N) is 1. The molecule has 28 heavy (non-hydrogen) atoms. The van der Waals surface area contributed by atoms with Gasteiger partial charge in [-0.05, 0) is 37.9 Å². The summed E-state index contributed by atoms with van der Waals surface area (Å²) in [7, 11) is 1.64. The lowest BCUT2D eigenvalue weighted by atomic mass is 9.97. The maximum absolute atomic E-state index is 6.56. The summed E-state index contributed by atoms with van der Waals surface area (Å²) >= 11 is 8.46. The van der Waals surface area contributed by atoms with E-state index in [1.807, 2.05) is 36.4 Å². The Balaban J connectivity index is 1.51. The van der Waals surface area contributed by atoms with Crippen LogP contribution in [0.15, 0.2) is 56.6 Å². The van der Waals surface area contributed by atoms with Gasteiger partial charge in [0.2, 0.25) is 0 Å². The topological polar surface area (TPSA) is 75.8 Å². The van der Waals surface area contributed by atoms with E-state index in [0.29, 0.717) is 6.61 Å². The number of ether oxygens (including phenoxy) is 4. The van der Waals surface area contributed by atoms with Crippen LogP contribution in [0.4, 0.5) is 0 Å². The van der Waals surface area contributed by atoms with Crippen LogP contribution in [-0.4, -0.2) is 48.5 Å². The standard InChI is InChI=1S/C19H20Br2N2O4S/c1-24-16-14(22)15-12(9-25-18(27-15)10-5-3-2-4-6-10)26-19(16)28-13-7-11(20)8-23-17(13)21/h2-8,12,14-16,18-19H,9,22H2,1H3. The van der Waals surface area contributed by atoms with E-state index >= 15 is 0 Å². The summed E-state index contributed by atoms with van der Waals surface area (Å²) in [4.78, 5) is 5.25. The molecule has 0 bridgehead atoms. The number of hydrogen-bond acceptors (Lipinski definition) is 7. The highest BCUT2D eigenvalue weighted by atomic mass is 79.9. The largest absolute Gasteiger partial charge is 0.376 e. The van der Waals surface area contributed by atoms with E-state index in [1.165, 1.54) is 11.8 Å². The molecule has 0 aliphatic carbocycles. The molecule has 0 amide bonds. The fourth-order valence-corrected chi connectivity index (χ4v) is 5.58. The quantitative estimate of drug-likeness (QED) is 0.600. The van der Waals surface area contributed by atoms with Crippen LogP contribution in [0.5, 0.6) is 0 Å². The second-order valence-electron chi connectivity index (χ2n) is 6.56. The number of rotatable bonds is 4. The van der Waals surface area contributed by atoms with Gasteiger partial charge in [0.15, 0.2) is 6.29 Å². The van der Waals surface area contributed by atoms with Crippen molar-refractivity contribution in [1.29, 1.82) is 0 Å². The Hall–Kier alpha value is -0.520. The molecule has 6 unspecified atom stereocenters. The fraction of sp³-hybridized carbons (Fsp3) is 0.421. The molecule has 2 aliphatic heterocycles. The zero-order valence-corrected chi connectivity index (χ0v) is 19.0. The summed E-state index contributed by atoms with van der Waals surface area (Å²) in [5.41, 5.74) is 7.21. The van der Waals surface area contributed by atoms with E-state index < -0.39 is 6.29 Å². The first-order valence-electron chi connectivity index (χ1n) is 8.80. The van der Waals surface area contributed by atoms with Crippen LogP contribution in [0, 0.1) is 0 Å². The van der Waals surface area contributed by atoms with E-state index in [0.717, 1.165) is 19.5 Å². The molecule has 0 saturated carbocycles. The SMILES string of the molecule is COC1C(Sc2cc(Br)cnc2Br)OC2COC(c3ccccc3)OC2C1N. The van der Waals surface area contributed by atoms with Gasteiger partial charge in [-0.15, -0.1) is 0 Å². The number of halogens is 2. The Bertz CT molecular complexity index is 816. The minimum absolute atomic E-state index is 0.266. The molecule has 0 spiro atoms. The molecule has 9 heteroatoms. The summed E-state index contributed by atoms with van der Waals surface area (Å²) in [6.07, 6.45) is 0.356. The second kappa shape index (κ2) is 9.09. The van der Waals surface area contributed by atoms with E-state index in [-0.39, 0.29) is 29.8 Å². The Morgan fingerprint density at radius 2 is 2.00 bits per heavy atom. The first kappa shape index (κ1) is 20.7. The molecule has 1 aromatic carbocycles. The minimum atomic E-state index is -0.456. The summed E-state index contributed by atoms with van der Waals surface area (Å²) in [6.45, 7) is 0.406. The highest BCUT2D eigenvalue weighted by molar-refractivity contribution is 9.11. The van der Waals surface area contributed by atoms with Gasteiger partial charge in [-0.25, -0.2) is 4.98 Å². The molecule has 2 saturated heterocycles.